The molecule has 2 heterocycles. The number of rotatable bonds is 6. The Labute approximate surface area is 180 Å². The summed E-state index contributed by atoms with van der Waals surface area (Å²) in [5, 5.41) is 3.41. The molecule has 1 aromatic carbocycles. The highest BCUT2D eigenvalue weighted by Gasteiger charge is 2.23. The van der Waals surface area contributed by atoms with Crippen LogP contribution in [0.15, 0.2) is 23.1 Å². The molecular weight excluding hydrogens is 421 g/mol. The van der Waals surface area contributed by atoms with E-state index in [1.807, 2.05) is 6.07 Å². The number of halogens is 2. The molecule has 1 aliphatic heterocycles. The zero-order chi connectivity index (χ0) is 18.9. The van der Waals surface area contributed by atoms with E-state index in [0.717, 1.165) is 56.0 Å². The topological polar surface area (TPSA) is 70.5 Å². The number of piperazine rings is 1. The first-order chi connectivity index (χ1) is 12.3. The van der Waals surface area contributed by atoms with Gasteiger partial charge in [0.05, 0.1) is 22.5 Å². The Bertz CT molecular complexity index is 885. The van der Waals surface area contributed by atoms with E-state index in [1.54, 1.807) is 26.2 Å². The molecule has 1 aliphatic rings. The summed E-state index contributed by atoms with van der Waals surface area (Å²) in [6.07, 6.45) is 1.01. The van der Waals surface area contributed by atoms with Crippen LogP contribution in [-0.4, -0.2) is 66.9 Å². The number of hydrogen-bond donors (Lipinski definition) is 1. The molecule has 3 rings (SSSR count). The van der Waals surface area contributed by atoms with Gasteiger partial charge < -0.3 is 9.88 Å². The van der Waals surface area contributed by atoms with Crippen LogP contribution in [0.1, 0.15) is 26.1 Å². The molecular formula is C18H31Cl2N5O2S. The van der Waals surface area contributed by atoms with Crippen molar-refractivity contribution >= 4 is 45.9 Å². The third-order valence-electron chi connectivity index (χ3n) is 5.01. The van der Waals surface area contributed by atoms with Gasteiger partial charge in [0.1, 0.15) is 5.82 Å². The fraction of sp³-hybridized carbons (Fsp3) is 0.611. The fourth-order valence-electron chi connectivity index (χ4n) is 3.42. The van der Waals surface area contributed by atoms with Crippen molar-refractivity contribution in [3.63, 3.8) is 0 Å². The van der Waals surface area contributed by atoms with Crippen LogP contribution in [0, 0.1) is 0 Å². The molecule has 7 nitrogen and oxygen atoms in total. The molecule has 160 valence electrons. The van der Waals surface area contributed by atoms with E-state index in [0.29, 0.717) is 10.9 Å². The number of nitrogens with one attached hydrogen (secondary N) is 1. The van der Waals surface area contributed by atoms with Crippen molar-refractivity contribution in [1.29, 1.82) is 0 Å². The predicted octanol–water partition coefficient (Wildman–Crippen LogP) is 2.33. The van der Waals surface area contributed by atoms with Crippen molar-refractivity contribution in [2.45, 2.75) is 44.3 Å². The Morgan fingerprint density at radius 3 is 2.61 bits per heavy atom. The summed E-state index contributed by atoms with van der Waals surface area (Å²) in [7, 11) is -0.359. The van der Waals surface area contributed by atoms with E-state index in [4.69, 9.17) is 4.98 Å². The molecule has 1 N–H and O–H groups in total. The van der Waals surface area contributed by atoms with Crippen LogP contribution in [0.4, 0.5) is 0 Å². The number of aromatic nitrogens is 2. The highest BCUT2D eigenvalue weighted by molar-refractivity contribution is 7.89. The Morgan fingerprint density at radius 1 is 1.29 bits per heavy atom. The average Bonchev–Trinajstić information content (AvgIpc) is 2.94. The maximum atomic E-state index is 12.4. The lowest BCUT2D eigenvalue weighted by molar-refractivity contribution is 0.160. The summed E-state index contributed by atoms with van der Waals surface area (Å²) in [4.78, 5) is 7.53. The smallest absolute Gasteiger partial charge is 0.242 e. The number of hydrogen-bond acceptors (Lipinski definition) is 5. The number of nitrogens with zero attached hydrogens (tertiary/aromatic N) is 4. The lowest BCUT2D eigenvalue weighted by Crippen LogP contribution is -2.49. The summed E-state index contributed by atoms with van der Waals surface area (Å²) < 4.78 is 28.3. The van der Waals surface area contributed by atoms with Gasteiger partial charge in [0.25, 0.3) is 0 Å². The van der Waals surface area contributed by atoms with Gasteiger partial charge in [0.15, 0.2) is 0 Å². The maximum Gasteiger partial charge on any atom is 0.242 e. The molecule has 2 aromatic rings. The molecule has 0 saturated carbocycles. The van der Waals surface area contributed by atoms with Crippen molar-refractivity contribution < 1.29 is 8.42 Å². The first kappa shape index (κ1) is 25.1. The number of benzene rings is 1. The van der Waals surface area contributed by atoms with Gasteiger partial charge in [-0.1, -0.05) is 6.92 Å². The van der Waals surface area contributed by atoms with Gasteiger partial charge in [0.2, 0.25) is 10.0 Å². The van der Waals surface area contributed by atoms with Gasteiger partial charge in [0, 0.05) is 46.3 Å². The zero-order valence-corrected chi connectivity index (χ0v) is 19.3. The molecule has 1 saturated heterocycles. The van der Waals surface area contributed by atoms with Crippen molar-refractivity contribution in [3.8, 4) is 0 Å². The van der Waals surface area contributed by atoms with Crippen LogP contribution in [0.2, 0.25) is 0 Å². The third kappa shape index (κ3) is 4.98. The molecule has 28 heavy (non-hydrogen) atoms. The number of imidazole rings is 1. The van der Waals surface area contributed by atoms with Gasteiger partial charge in [-0.05, 0) is 31.5 Å². The third-order valence-corrected chi connectivity index (χ3v) is 6.82. The molecule has 0 aliphatic carbocycles. The van der Waals surface area contributed by atoms with E-state index < -0.39 is 10.0 Å². The molecule has 1 atom stereocenters. The van der Waals surface area contributed by atoms with Gasteiger partial charge in [-0.15, -0.1) is 24.8 Å². The van der Waals surface area contributed by atoms with E-state index >= 15 is 0 Å². The number of aryl methyl sites for hydroxylation is 1. The summed E-state index contributed by atoms with van der Waals surface area (Å²) in [5.41, 5.74) is 1.75. The predicted molar refractivity (Wildman–Crippen MR) is 118 cm³/mol. The summed E-state index contributed by atoms with van der Waals surface area (Å²) in [6.45, 7) is 9.01. The summed E-state index contributed by atoms with van der Waals surface area (Å²) in [5.74, 6) is 1.01. The average molecular weight is 452 g/mol. The molecule has 0 radical (unpaired) electrons. The summed E-state index contributed by atoms with van der Waals surface area (Å²) in [6, 6.07) is 5.73. The van der Waals surface area contributed by atoms with Crippen molar-refractivity contribution in [1.82, 2.24) is 24.1 Å². The lowest BCUT2D eigenvalue weighted by atomic mass is 10.2. The van der Waals surface area contributed by atoms with E-state index in [2.05, 4.69) is 28.6 Å². The van der Waals surface area contributed by atoms with E-state index in [-0.39, 0.29) is 24.8 Å². The number of fused-ring (bicyclic) bond motifs is 1. The van der Waals surface area contributed by atoms with Gasteiger partial charge in [-0.25, -0.2) is 17.7 Å². The van der Waals surface area contributed by atoms with E-state index in [9.17, 15) is 8.42 Å². The monoisotopic (exact) mass is 451 g/mol. The SMILES string of the molecule is CCCn1c(CN2CCNC[C@@H]2C)nc2cc(S(=O)(=O)N(C)C)ccc21.Cl.Cl. The normalized spacial score (nSPS) is 18.1. The Kier molecular flexibility index (Phi) is 9.18. The van der Waals surface area contributed by atoms with Gasteiger partial charge in [-0.2, -0.15) is 0 Å². The van der Waals surface area contributed by atoms with Crippen LogP contribution in [0.3, 0.4) is 0 Å². The quantitative estimate of drug-likeness (QED) is 0.729. The molecule has 0 unspecified atom stereocenters. The highest BCUT2D eigenvalue weighted by atomic mass is 35.5. The minimum atomic E-state index is -3.45. The minimum absolute atomic E-state index is 0. The van der Waals surface area contributed by atoms with Crippen molar-refractivity contribution in [3.05, 3.63) is 24.0 Å². The Hall–Kier alpha value is -0.900. The standard InChI is InChI=1S/C18H29N5O2S.2ClH/c1-5-9-23-17-7-6-15(26(24,25)21(3)4)11-16(17)20-18(23)13-22-10-8-19-12-14(22)2;;/h6-7,11,14,19H,5,8-10,12-13H2,1-4H3;2*1H/t14-;;/m0../s1. The molecule has 0 spiro atoms. The van der Waals surface area contributed by atoms with Crippen LogP contribution >= 0.6 is 24.8 Å². The van der Waals surface area contributed by atoms with Crippen LogP contribution in [0.25, 0.3) is 11.0 Å². The molecule has 0 amide bonds. The van der Waals surface area contributed by atoms with Crippen LogP contribution < -0.4 is 5.32 Å². The highest BCUT2D eigenvalue weighted by Crippen LogP contribution is 2.23. The Morgan fingerprint density at radius 2 is 2.00 bits per heavy atom. The molecule has 10 heteroatoms. The minimum Gasteiger partial charge on any atom is -0.327 e. The number of sulfonamides is 1. The second-order valence-electron chi connectivity index (χ2n) is 7.14. The van der Waals surface area contributed by atoms with Crippen molar-refractivity contribution in [2.24, 2.45) is 0 Å². The fourth-order valence-corrected chi connectivity index (χ4v) is 4.35. The molecule has 1 fully saturated rings. The van der Waals surface area contributed by atoms with Crippen LogP contribution in [0.5, 0.6) is 0 Å². The first-order valence-corrected chi connectivity index (χ1v) is 10.6. The second kappa shape index (κ2) is 10.2. The lowest BCUT2D eigenvalue weighted by Gasteiger charge is -2.33. The summed E-state index contributed by atoms with van der Waals surface area (Å²) >= 11 is 0. The van der Waals surface area contributed by atoms with Crippen LogP contribution in [-0.2, 0) is 23.1 Å². The maximum absolute atomic E-state index is 12.4. The Balaban J connectivity index is 0.00000196. The largest absolute Gasteiger partial charge is 0.327 e. The first-order valence-electron chi connectivity index (χ1n) is 9.21. The van der Waals surface area contributed by atoms with Crippen molar-refractivity contribution in [2.75, 3.05) is 33.7 Å². The molecule has 1 aromatic heterocycles. The van der Waals surface area contributed by atoms with Gasteiger partial charge in [-0.3, -0.25) is 4.90 Å². The van der Waals surface area contributed by atoms with E-state index in [1.165, 1.54) is 4.31 Å². The van der Waals surface area contributed by atoms with Gasteiger partial charge >= 0.3 is 0 Å². The zero-order valence-electron chi connectivity index (χ0n) is 16.9. The molecule has 0 bridgehead atoms. The second-order valence-corrected chi connectivity index (χ2v) is 9.29.